The number of fused-ring (bicyclic) bond motifs is 1. The SMILES string of the molecule is N/N=C(\c1ccc(O)cc1O)c1nc2nonc2nc1Nc1ccccc1. The Bertz CT molecular complexity index is 1140. The molecule has 0 aliphatic rings. The fraction of sp³-hybridized carbons (Fsp3) is 0. The molecule has 5 N–H and O–H groups in total. The summed E-state index contributed by atoms with van der Waals surface area (Å²) in [6, 6.07) is 13.3. The number of aromatic nitrogens is 4. The van der Waals surface area contributed by atoms with E-state index >= 15 is 0 Å². The van der Waals surface area contributed by atoms with Crippen LogP contribution in [-0.4, -0.2) is 36.2 Å². The van der Waals surface area contributed by atoms with Crippen LogP contribution in [0.15, 0.2) is 58.3 Å². The molecule has 0 aliphatic carbocycles. The third-order valence-corrected chi connectivity index (χ3v) is 3.74. The van der Waals surface area contributed by atoms with Gasteiger partial charge in [0.2, 0.25) is 11.3 Å². The number of aromatic hydroxyl groups is 2. The first-order chi connectivity index (χ1) is 13.2. The first-order valence-electron chi connectivity index (χ1n) is 7.78. The molecule has 4 rings (SSSR count). The van der Waals surface area contributed by atoms with Gasteiger partial charge in [0, 0.05) is 17.3 Å². The molecule has 2 aromatic heterocycles. The summed E-state index contributed by atoms with van der Waals surface area (Å²) in [6.07, 6.45) is 0. The van der Waals surface area contributed by atoms with E-state index in [1.54, 1.807) is 0 Å². The molecule has 10 heteroatoms. The van der Waals surface area contributed by atoms with Crippen molar-refractivity contribution in [1.29, 1.82) is 0 Å². The molecule has 134 valence electrons. The maximum absolute atomic E-state index is 10.2. The Morgan fingerprint density at radius 2 is 1.74 bits per heavy atom. The second-order valence-electron chi connectivity index (χ2n) is 5.50. The molecule has 0 amide bonds. The van der Waals surface area contributed by atoms with Gasteiger partial charge >= 0.3 is 0 Å². The van der Waals surface area contributed by atoms with Crippen LogP contribution in [0.5, 0.6) is 11.5 Å². The van der Waals surface area contributed by atoms with Gasteiger partial charge < -0.3 is 21.4 Å². The van der Waals surface area contributed by atoms with Crippen molar-refractivity contribution < 1.29 is 14.8 Å². The van der Waals surface area contributed by atoms with Gasteiger partial charge in [0.25, 0.3) is 0 Å². The zero-order valence-corrected chi connectivity index (χ0v) is 13.7. The molecule has 27 heavy (non-hydrogen) atoms. The lowest BCUT2D eigenvalue weighted by Gasteiger charge is -2.12. The third kappa shape index (κ3) is 3.06. The van der Waals surface area contributed by atoms with Crippen molar-refractivity contribution in [2.45, 2.75) is 0 Å². The van der Waals surface area contributed by atoms with E-state index in [4.69, 9.17) is 5.84 Å². The van der Waals surface area contributed by atoms with Crippen LogP contribution in [0.2, 0.25) is 0 Å². The highest BCUT2D eigenvalue weighted by molar-refractivity contribution is 6.16. The van der Waals surface area contributed by atoms with Crippen molar-refractivity contribution in [3.05, 3.63) is 59.8 Å². The summed E-state index contributed by atoms with van der Waals surface area (Å²) >= 11 is 0. The van der Waals surface area contributed by atoms with Gasteiger partial charge in [-0.05, 0) is 34.6 Å². The molecule has 0 saturated heterocycles. The Kier molecular flexibility index (Phi) is 3.97. The molecule has 2 heterocycles. The zero-order valence-electron chi connectivity index (χ0n) is 13.7. The monoisotopic (exact) mass is 363 g/mol. The molecule has 4 aromatic rings. The van der Waals surface area contributed by atoms with E-state index in [-0.39, 0.29) is 39.8 Å². The van der Waals surface area contributed by atoms with Gasteiger partial charge in [0.05, 0.1) is 0 Å². The van der Waals surface area contributed by atoms with E-state index in [1.807, 2.05) is 30.3 Å². The summed E-state index contributed by atoms with van der Waals surface area (Å²) in [7, 11) is 0. The average molecular weight is 363 g/mol. The van der Waals surface area contributed by atoms with E-state index in [0.29, 0.717) is 5.82 Å². The molecule has 2 aromatic carbocycles. The number of rotatable bonds is 4. The van der Waals surface area contributed by atoms with Crippen molar-refractivity contribution in [1.82, 2.24) is 20.3 Å². The van der Waals surface area contributed by atoms with Gasteiger partial charge in [-0.25, -0.2) is 14.6 Å². The number of phenolic OH excluding ortho intramolecular Hbond substituents is 2. The third-order valence-electron chi connectivity index (χ3n) is 3.74. The Hall–Kier alpha value is -4.21. The largest absolute Gasteiger partial charge is 0.508 e. The minimum atomic E-state index is -0.218. The van der Waals surface area contributed by atoms with Crippen LogP contribution >= 0.6 is 0 Å². The molecule has 10 nitrogen and oxygen atoms in total. The Balaban J connectivity index is 1.89. The van der Waals surface area contributed by atoms with Crippen molar-refractivity contribution in [2.75, 3.05) is 5.32 Å². The number of para-hydroxylation sites is 1. The van der Waals surface area contributed by atoms with Crippen molar-refractivity contribution >= 4 is 28.5 Å². The first kappa shape index (κ1) is 16.3. The minimum Gasteiger partial charge on any atom is -0.508 e. The normalized spacial score (nSPS) is 11.6. The Morgan fingerprint density at radius 3 is 2.44 bits per heavy atom. The number of anilines is 2. The first-order valence-corrected chi connectivity index (χ1v) is 7.78. The second-order valence-corrected chi connectivity index (χ2v) is 5.50. The molecule has 0 bridgehead atoms. The quantitative estimate of drug-likeness (QED) is 0.241. The molecule has 0 unspecified atom stereocenters. The minimum absolute atomic E-state index is 0.0995. The maximum Gasteiger partial charge on any atom is 0.245 e. The lowest BCUT2D eigenvalue weighted by molar-refractivity contribution is 0.314. The van der Waals surface area contributed by atoms with Gasteiger partial charge in [0.15, 0.2) is 5.82 Å². The smallest absolute Gasteiger partial charge is 0.245 e. The van der Waals surface area contributed by atoms with E-state index in [0.717, 1.165) is 5.69 Å². The van der Waals surface area contributed by atoms with Crippen LogP contribution in [0.3, 0.4) is 0 Å². The highest BCUT2D eigenvalue weighted by Crippen LogP contribution is 2.28. The molecule has 0 spiro atoms. The number of nitrogens with one attached hydrogen (secondary N) is 1. The van der Waals surface area contributed by atoms with Crippen LogP contribution in [-0.2, 0) is 0 Å². The summed E-state index contributed by atoms with van der Waals surface area (Å²) in [4.78, 5) is 8.73. The number of phenols is 2. The highest BCUT2D eigenvalue weighted by atomic mass is 16.6. The van der Waals surface area contributed by atoms with Crippen molar-refractivity contribution in [3.8, 4) is 11.5 Å². The van der Waals surface area contributed by atoms with E-state index < -0.39 is 0 Å². The number of hydrazone groups is 1. The molecule has 0 aliphatic heterocycles. The lowest BCUT2D eigenvalue weighted by atomic mass is 10.1. The summed E-state index contributed by atoms with van der Waals surface area (Å²) in [5.74, 6) is 5.56. The molecular formula is C17H13N7O3. The number of nitrogens with two attached hydrogens (primary N) is 1. The highest BCUT2D eigenvalue weighted by Gasteiger charge is 2.21. The predicted octanol–water partition coefficient (Wildman–Crippen LogP) is 1.88. The Morgan fingerprint density at radius 1 is 1.00 bits per heavy atom. The average Bonchev–Trinajstić information content (AvgIpc) is 3.12. The van der Waals surface area contributed by atoms with Gasteiger partial charge in [0.1, 0.15) is 22.9 Å². The molecule has 0 saturated carbocycles. The van der Waals surface area contributed by atoms with E-state index in [2.05, 4.69) is 35.3 Å². The predicted molar refractivity (Wildman–Crippen MR) is 96.7 cm³/mol. The Labute approximate surface area is 152 Å². The maximum atomic E-state index is 10.2. The summed E-state index contributed by atoms with van der Waals surface area (Å²) in [5.41, 5.74) is 1.73. The topological polar surface area (TPSA) is 156 Å². The van der Waals surface area contributed by atoms with Gasteiger partial charge in [-0.3, -0.25) is 0 Å². The fourth-order valence-electron chi connectivity index (χ4n) is 2.53. The number of benzene rings is 2. The number of hydrogen-bond donors (Lipinski definition) is 4. The van der Waals surface area contributed by atoms with Crippen LogP contribution in [0, 0.1) is 0 Å². The summed E-state index contributed by atoms with van der Waals surface area (Å²) in [6.45, 7) is 0. The van der Waals surface area contributed by atoms with Gasteiger partial charge in [-0.15, -0.1) is 0 Å². The van der Waals surface area contributed by atoms with E-state index in [1.165, 1.54) is 18.2 Å². The van der Waals surface area contributed by atoms with Gasteiger partial charge in [-0.1, -0.05) is 18.2 Å². The van der Waals surface area contributed by atoms with Crippen molar-refractivity contribution in [2.24, 2.45) is 10.9 Å². The lowest BCUT2D eigenvalue weighted by Crippen LogP contribution is -2.13. The fourth-order valence-corrected chi connectivity index (χ4v) is 2.53. The van der Waals surface area contributed by atoms with Crippen LogP contribution in [0.4, 0.5) is 11.5 Å². The van der Waals surface area contributed by atoms with Crippen LogP contribution < -0.4 is 11.2 Å². The molecule has 0 fully saturated rings. The van der Waals surface area contributed by atoms with Crippen LogP contribution in [0.1, 0.15) is 11.3 Å². The number of nitrogens with zero attached hydrogens (tertiary/aromatic N) is 5. The zero-order chi connectivity index (χ0) is 18.8. The molecule has 0 radical (unpaired) electrons. The second kappa shape index (κ2) is 6.59. The van der Waals surface area contributed by atoms with Crippen LogP contribution in [0.25, 0.3) is 11.3 Å². The standard InChI is InChI=1S/C17H13N7O3/c18-22-13(11-7-6-10(25)8-12(11)26)14-15(19-9-4-2-1-3-5-9)21-17-16(20-14)23-27-24-17/h1-8,25-26H,18H2,(H,19,21,24)/b22-13+. The number of hydrogen-bond acceptors (Lipinski definition) is 10. The molecular weight excluding hydrogens is 350 g/mol. The van der Waals surface area contributed by atoms with E-state index in [9.17, 15) is 10.2 Å². The summed E-state index contributed by atoms with van der Waals surface area (Å²) < 4.78 is 4.68. The summed E-state index contributed by atoms with van der Waals surface area (Å²) in [5, 5.41) is 34.0. The van der Waals surface area contributed by atoms with Crippen molar-refractivity contribution in [3.63, 3.8) is 0 Å². The molecule has 0 atom stereocenters. The van der Waals surface area contributed by atoms with Gasteiger partial charge in [-0.2, -0.15) is 5.10 Å².